The van der Waals surface area contributed by atoms with Gasteiger partial charge in [-0.25, -0.2) is 4.98 Å². The summed E-state index contributed by atoms with van der Waals surface area (Å²) < 4.78 is 5.22. The third-order valence-corrected chi connectivity index (χ3v) is 3.39. The maximum absolute atomic E-state index is 6.23. The van der Waals surface area contributed by atoms with Crippen LogP contribution in [0.4, 0.5) is 0 Å². The minimum atomic E-state index is 0.186. The molecule has 0 unspecified atom stereocenters. The van der Waals surface area contributed by atoms with E-state index in [4.69, 9.17) is 16.1 Å². The highest BCUT2D eigenvalue weighted by Gasteiger charge is 2.15. The van der Waals surface area contributed by atoms with Gasteiger partial charge in [0.1, 0.15) is 5.15 Å². The van der Waals surface area contributed by atoms with Crippen LogP contribution in [0.3, 0.4) is 0 Å². The van der Waals surface area contributed by atoms with E-state index in [0.717, 1.165) is 10.9 Å². The van der Waals surface area contributed by atoms with Crippen molar-refractivity contribution in [3.8, 4) is 11.4 Å². The van der Waals surface area contributed by atoms with Gasteiger partial charge < -0.3 is 4.52 Å². The SMILES string of the molecule is Cc1ccc2nc(Cl)c(-c3noc(C(C)C)n3)cc2c1. The third kappa shape index (κ3) is 2.27. The molecule has 1 aromatic carbocycles. The Hall–Kier alpha value is -1.94. The van der Waals surface area contributed by atoms with Crippen molar-refractivity contribution in [3.63, 3.8) is 0 Å². The molecule has 2 heterocycles. The van der Waals surface area contributed by atoms with Crippen LogP contribution in [0.5, 0.6) is 0 Å². The predicted molar refractivity (Wildman–Crippen MR) is 78.9 cm³/mol. The van der Waals surface area contributed by atoms with Gasteiger partial charge in [-0.2, -0.15) is 4.98 Å². The van der Waals surface area contributed by atoms with Crippen LogP contribution < -0.4 is 0 Å². The van der Waals surface area contributed by atoms with Gasteiger partial charge in [0.05, 0.1) is 11.1 Å². The van der Waals surface area contributed by atoms with Gasteiger partial charge in [0.2, 0.25) is 11.7 Å². The largest absolute Gasteiger partial charge is 0.339 e. The number of hydrogen-bond acceptors (Lipinski definition) is 4. The molecule has 0 amide bonds. The summed E-state index contributed by atoms with van der Waals surface area (Å²) in [6.07, 6.45) is 0. The van der Waals surface area contributed by atoms with E-state index in [1.165, 1.54) is 5.56 Å². The van der Waals surface area contributed by atoms with Crippen molar-refractivity contribution in [2.75, 3.05) is 0 Å². The van der Waals surface area contributed by atoms with Crippen molar-refractivity contribution in [1.82, 2.24) is 15.1 Å². The highest BCUT2D eigenvalue weighted by molar-refractivity contribution is 6.32. The topological polar surface area (TPSA) is 51.8 Å². The number of benzene rings is 1. The second-order valence-corrected chi connectivity index (χ2v) is 5.49. The molecule has 0 saturated carbocycles. The summed E-state index contributed by atoms with van der Waals surface area (Å²) in [5.74, 6) is 1.26. The summed E-state index contributed by atoms with van der Waals surface area (Å²) in [7, 11) is 0. The summed E-state index contributed by atoms with van der Waals surface area (Å²) in [5.41, 5.74) is 2.72. The smallest absolute Gasteiger partial charge is 0.229 e. The Morgan fingerprint density at radius 3 is 2.65 bits per heavy atom. The molecular formula is C15H14ClN3O. The second kappa shape index (κ2) is 4.87. The van der Waals surface area contributed by atoms with Gasteiger partial charge in [-0.05, 0) is 25.1 Å². The fraction of sp³-hybridized carbons (Fsp3) is 0.267. The number of hydrogen-bond donors (Lipinski definition) is 0. The van der Waals surface area contributed by atoms with Crippen LogP contribution in [0.1, 0.15) is 31.2 Å². The van der Waals surface area contributed by atoms with Crippen LogP contribution in [-0.4, -0.2) is 15.1 Å². The van der Waals surface area contributed by atoms with Gasteiger partial charge in [0, 0.05) is 11.3 Å². The van der Waals surface area contributed by atoms with Crippen LogP contribution in [0, 0.1) is 6.92 Å². The number of pyridine rings is 1. The summed E-state index contributed by atoms with van der Waals surface area (Å²) in [4.78, 5) is 8.76. The Morgan fingerprint density at radius 2 is 1.95 bits per heavy atom. The van der Waals surface area contributed by atoms with E-state index in [-0.39, 0.29) is 5.92 Å². The lowest BCUT2D eigenvalue weighted by Gasteiger charge is -2.03. The highest BCUT2D eigenvalue weighted by atomic mass is 35.5. The first-order valence-electron chi connectivity index (χ1n) is 6.45. The average molecular weight is 288 g/mol. The minimum absolute atomic E-state index is 0.186. The van der Waals surface area contributed by atoms with Crippen molar-refractivity contribution < 1.29 is 4.52 Å². The maximum Gasteiger partial charge on any atom is 0.229 e. The number of fused-ring (bicyclic) bond motifs is 1. The van der Waals surface area contributed by atoms with Crippen molar-refractivity contribution in [1.29, 1.82) is 0 Å². The first-order chi connectivity index (χ1) is 9.54. The Balaban J connectivity index is 2.16. The lowest BCUT2D eigenvalue weighted by atomic mass is 10.1. The van der Waals surface area contributed by atoms with E-state index in [2.05, 4.69) is 21.2 Å². The molecule has 0 atom stereocenters. The summed E-state index contributed by atoms with van der Waals surface area (Å²) in [6, 6.07) is 7.98. The molecule has 4 nitrogen and oxygen atoms in total. The molecule has 3 rings (SSSR count). The first-order valence-corrected chi connectivity index (χ1v) is 6.83. The minimum Gasteiger partial charge on any atom is -0.339 e. The van der Waals surface area contributed by atoms with E-state index in [1.807, 2.05) is 39.0 Å². The average Bonchev–Trinajstić information content (AvgIpc) is 2.88. The molecule has 0 aliphatic carbocycles. The number of aryl methyl sites for hydroxylation is 1. The van der Waals surface area contributed by atoms with Gasteiger partial charge >= 0.3 is 0 Å². The fourth-order valence-electron chi connectivity index (χ4n) is 2.01. The molecule has 0 bridgehead atoms. The zero-order chi connectivity index (χ0) is 14.3. The zero-order valence-electron chi connectivity index (χ0n) is 11.5. The van der Waals surface area contributed by atoms with E-state index < -0.39 is 0 Å². The Bertz CT molecular complexity index is 780. The molecule has 5 heteroatoms. The molecule has 0 spiro atoms. The molecule has 102 valence electrons. The molecule has 20 heavy (non-hydrogen) atoms. The van der Waals surface area contributed by atoms with Crippen LogP contribution in [-0.2, 0) is 0 Å². The fourth-order valence-corrected chi connectivity index (χ4v) is 2.24. The molecule has 0 radical (unpaired) electrons. The first kappa shape index (κ1) is 13.1. The third-order valence-electron chi connectivity index (χ3n) is 3.10. The van der Waals surface area contributed by atoms with E-state index in [1.54, 1.807) is 0 Å². The standard InChI is InChI=1S/C15H14ClN3O/c1-8(2)15-18-14(19-20-15)11-7-10-6-9(3)4-5-12(10)17-13(11)16/h4-8H,1-3H3. The van der Waals surface area contributed by atoms with E-state index in [9.17, 15) is 0 Å². The Kier molecular flexibility index (Phi) is 3.18. The normalized spacial score (nSPS) is 11.4. The predicted octanol–water partition coefficient (Wildman–Crippen LogP) is 4.37. The van der Waals surface area contributed by atoms with Crippen molar-refractivity contribution in [2.45, 2.75) is 26.7 Å². The summed E-state index contributed by atoms with van der Waals surface area (Å²) in [6.45, 7) is 6.04. The molecule has 0 fully saturated rings. The van der Waals surface area contributed by atoms with Gasteiger partial charge in [-0.15, -0.1) is 0 Å². The molecule has 3 aromatic rings. The van der Waals surface area contributed by atoms with Gasteiger partial charge in [0.25, 0.3) is 0 Å². The van der Waals surface area contributed by atoms with Gasteiger partial charge in [0.15, 0.2) is 0 Å². The monoisotopic (exact) mass is 287 g/mol. The zero-order valence-corrected chi connectivity index (χ0v) is 12.3. The number of nitrogens with zero attached hydrogens (tertiary/aromatic N) is 3. The van der Waals surface area contributed by atoms with Crippen molar-refractivity contribution in [3.05, 3.63) is 40.9 Å². The van der Waals surface area contributed by atoms with Crippen LogP contribution in [0.2, 0.25) is 5.15 Å². The molecule has 0 aliphatic rings. The number of rotatable bonds is 2. The molecule has 0 aliphatic heterocycles. The molecule has 0 saturated heterocycles. The lowest BCUT2D eigenvalue weighted by Crippen LogP contribution is -1.90. The summed E-state index contributed by atoms with van der Waals surface area (Å²) in [5, 5.41) is 5.39. The maximum atomic E-state index is 6.23. The van der Waals surface area contributed by atoms with Crippen LogP contribution in [0.15, 0.2) is 28.8 Å². The van der Waals surface area contributed by atoms with Crippen molar-refractivity contribution >= 4 is 22.5 Å². The second-order valence-electron chi connectivity index (χ2n) is 5.13. The Morgan fingerprint density at radius 1 is 1.15 bits per heavy atom. The van der Waals surface area contributed by atoms with E-state index >= 15 is 0 Å². The number of halogens is 1. The van der Waals surface area contributed by atoms with Gasteiger partial charge in [-0.1, -0.05) is 42.2 Å². The highest BCUT2D eigenvalue weighted by Crippen LogP contribution is 2.29. The Labute approximate surface area is 121 Å². The number of aromatic nitrogens is 3. The van der Waals surface area contributed by atoms with E-state index in [0.29, 0.717) is 22.4 Å². The van der Waals surface area contributed by atoms with Crippen LogP contribution >= 0.6 is 11.6 Å². The molecule has 2 aromatic heterocycles. The summed E-state index contributed by atoms with van der Waals surface area (Å²) >= 11 is 6.23. The lowest BCUT2D eigenvalue weighted by molar-refractivity contribution is 0.365. The molecule has 0 N–H and O–H groups in total. The van der Waals surface area contributed by atoms with Gasteiger partial charge in [-0.3, -0.25) is 0 Å². The quantitative estimate of drug-likeness (QED) is 0.657. The van der Waals surface area contributed by atoms with Crippen molar-refractivity contribution in [2.24, 2.45) is 0 Å². The molecular weight excluding hydrogens is 274 g/mol. The van der Waals surface area contributed by atoms with Crippen LogP contribution in [0.25, 0.3) is 22.3 Å².